The number of hydrogen-bond acceptors (Lipinski definition) is 3. The standard InChI is InChI=1S/C22H33NO3/c1-17(22(25)26-3)16-23(18(2)20-12-8-5-9-13-20)21(24)15-14-19-10-6-4-7-11-19/h5,8-9,12-13,17-19H,4,6-7,10-11,14-16H2,1-3H3. The van der Waals surface area contributed by atoms with Crippen molar-refractivity contribution in [2.45, 2.75) is 64.8 Å². The summed E-state index contributed by atoms with van der Waals surface area (Å²) in [6.45, 7) is 4.26. The average molecular weight is 360 g/mol. The van der Waals surface area contributed by atoms with Crippen LogP contribution in [0.4, 0.5) is 0 Å². The molecule has 4 nitrogen and oxygen atoms in total. The smallest absolute Gasteiger partial charge is 0.310 e. The van der Waals surface area contributed by atoms with Gasteiger partial charge in [-0.1, -0.05) is 69.4 Å². The molecule has 0 bridgehead atoms. The molecule has 1 aliphatic rings. The molecule has 0 aromatic heterocycles. The zero-order valence-corrected chi connectivity index (χ0v) is 16.4. The van der Waals surface area contributed by atoms with Crippen LogP contribution in [0.1, 0.15) is 70.4 Å². The number of amides is 1. The van der Waals surface area contributed by atoms with Gasteiger partial charge in [-0.05, 0) is 24.8 Å². The van der Waals surface area contributed by atoms with Gasteiger partial charge in [-0.15, -0.1) is 0 Å². The fraction of sp³-hybridized carbons (Fsp3) is 0.636. The lowest BCUT2D eigenvalue weighted by Gasteiger charge is -2.32. The number of benzene rings is 1. The van der Waals surface area contributed by atoms with E-state index < -0.39 is 0 Å². The van der Waals surface area contributed by atoms with E-state index in [2.05, 4.69) is 0 Å². The largest absolute Gasteiger partial charge is 0.469 e. The molecule has 0 heterocycles. The highest BCUT2D eigenvalue weighted by Crippen LogP contribution is 2.29. The minimum atomic E-state index is -0.329. The minimum absolute atomic E-state index is 0.0536. The molecule has 1 fully saturated rings. The molecule has 0 radical (unpaired) electrons. The monoisotopic (exact) mass is 359 g/mol. The highest BCUT2D eigenvalue weighted by molar-refractivity contribution is 5.78. The lowest BCUT2D eigenvalue weighted by Crippen LogP contribution is -2.39. The van der Waals surface area contributed by atoms with Gasteiger partial charge in [0.05, 0.1) is 19.1 Å². The Morgan fingerprint density at radius 3 is 2.38 bits per heavy atom. The van der Waals surface area contributed by atoms with Crippen molar-refractivity contribution >= 4 is 11.9 Å². The summed E-state index contributed by atoms with van der Waals surface area (Å²) in [7, 11) is 1.40. The molecule has 2 rings (SSSR count). The van der Waals surface area contributed by atoms with Gasteiger partial charge in [-0.3, -0.25) is 9.59 Å². The van der Waals surface area contributed by atoms with E-state index in [1.54, 1.807) is 0 Å². The van der Waals surface area contributed by atoms with E-state index in [0.29, 0.717) is 18.9 Å². The van der Waals surface area contributed by atoms with Gasteiger partial charge in [-0.25, -0.2) is 0 Å². The first kappa shape index (κ1) is 20.5. The fourth-order valence-corrected chi connectivity index (χ4v) is 3.91. The van der Waals surface area contributed by atoms with Crippen molar-refractivity contribution in [2.24, 2.45) is 11.8 Å². The number of methoxy groups -OCH3 is 1. The van der Waals surface area contributed by atoms with E-state index in [9.17, 15) is 9.59 Å². The molecule has 4 heteroatoms. The Morgan fingerprint density at radius 1 is 1.12 bits per heavy atom. The summed E-state index contributed by atoms with van der Waals surface area (Å²) in [4.78, 5) is 26.8. The van der Waals surface area contributed by atoms with Crippen LogP contribution in [0.2, 0.25) is 0 Å². The number of esters is 1. The van der Waals surface area contributed by atoms with Gasteiger partial charge in [0.25, 0.3) is 0 Å². The molecule has 0 saturated heterocycles. The van der Waals surface area contributed by atoms with Crippen LogP contribution in [-0.2, 0) is 14.3 Å². The third-order valence-corrected chi connectivity index (χ3v) is 5.64. The molecule has 2 unspecified atom stereocenters. The summed E-state index contributed by atoms with van der Waals surface area (Å²) in [5.74, 6) is 0.224. The lowest BCUT2D eigenvalue weighted by atomic mass is 9.86. The zero-order valence-electron chi connectivity index (χ0n) is 16.4. The molecule has 0 spiro atoms. The second-order valence-electron chi connectivity index (χ2n) is 7.60. The van der Waals surface area contributed by atoms with Crippen molar-refractivity contribution in [3.8, 4) is 0 Å². The Balaban J connectivity index is 2.05. The highest BCUT2D eigenvalue weighted by atomic mass is 16.5. The number of nitrogens with zero attached hydrogens (tertiary/aromatic N) is 1. The van der Waals surface area contributed by atoms with E-state index in [0.717, 1.165) is 12.0 Å². The first-order valence-corrected chi connectivity index (χ1v) is 9.95. The number of carbonyl (C=O) groups excluding carboxylic acids is 2. The van der Waals surface area contributed by atoms with E-state index in [-0.39, 0.29) is 23.8 Å². The van der Waals surface area contributed by atoms with Crippen LogP contribution in [0.15, 0.2) is 30.3 Å². The van der Waals surface area contributed by atoms with Crippen molar-refractivity contribution in [1.82, 2.24) is 4.90 Å². The second-order valence-corrected chi connectivity index (χ2v) is 7.60. The van der Waals surface area contributed by atoms with E-state index in [4.69, 9.17) is 4.74 Å². The molecule has 26 heavy (non-hydrogen) atoms. The van der Waals surface area contributed by atoms with Gasteiger partial charge >= 0.3 is 5.97 Å². The molecule has 1 aromatic rings. The highest BCUT2D eigenvalue weighted by Gasteiger charge is 2.27. The molecular formula is C22H33NO3. The van der Waals surface area contributed by atoms with Gasteiger partial charge in [-0.2, -0.15) is 0 Å². The van der Waals surface area contributed by atoms with Crippen molar-refractivity contribution in [1.29, 1.82) is 0 Å². The summed E-state index contributed by atoms with van der Waals surface area (Å²) in [6, 6.07) is 9.97. The number of rotatable bonds is 8. The predicted molar refractivity (Wildman–Crippen MR) is 104 cm³/mol. The third kappa shape index (κ3) is 5.86. The van der Waals surface area contributed by atoms with Gasteiger partial charge in [0.1, 0.15) is 0 Å². The summed E-state index contributed by atoms with van der Waals surface area (Å²) >= 11 is 0. The maximum Gasteiger partial charge on any atom is 0.310 e. The van der Waals surface area contributed by atoms with Gasteiger partial charge in [0.15, 0.2) is 0 Å². The average Bonchev–Trinajstić information content (AvgIpc) is 2.70. The topological polar surface area (TPSA) is 46.6 Å². The lowest BCUT2D eigenvalue weighted by molar-refractivity contribution is -0.147. The number of carbonyl (C=O) groups is 2. The molecule has 0 aliphatic heterocycles. The van der Waals surface area contributed by atoms with Crippen LogP contribution in [-0.4, -0.2) is 30.4 Å². The maximum atomic E-state index is 13.0. The van der Waals surface area contributed by atoms with Crippen LogP contribution in [0.3, 0.4) is 0 Å². The summed E-state index contributed by atoms with van der Waals surface area (Å²) in [5, 5.41) is 0. The van der Waals surface area contributed by atoms with Gasteiger partial charge in [0, 0.05) is 13.0 Å². The van der Waals surface area contributed by atoms with Crippen LogP contribution >= 0.6 is 0 Å². The third-order valence-electron chi connectivity index (χ3n) is 5.64. The molecule has 1 aromatic carbocycles. The molecule has 144 valence electrons. The van der Waals surface area contributed by atoms with E-state index >= 15 is 0 Å². The van der Waals surface area contributed by atoms with Crippen LogP contribution in [0, 0.1) is 11.8 Å². The summed E-state index contributed by atoms with van der Waals surface area (Å²) in [6.07, 6.45) is 7.95. The number of hydrogen-bond donors (Lipinski definition) is 0. The van der Waals surface area contributed by atoms with Crippen molar-refractivity contribution in [3.63, 3.8) is 0 Å². The normalized spacial score (nSPS) is 17.3. The van der Waals surface area contributed by atoms with Crippen LogP contribution in [0.5, 0.6) is 0 Å². The molecule has 1 aliphatic carbocycles. The predicted octanol–water partition coefficient (Wildman–Crippen LogP) is 4.75. The van der Waals surface area contributed by atoms with Crippen LogP contribution in [0.25, 0.3) is 0 Å². The van der Waals surface area contributed by atoms with Crippen molar-refractivity contribution in [2.75, 3.05) is 13.7 Å². The van der Waals surface area contributed by atoms with Crippen LogP contribution < -0.4 is 0 Å². The summed E-state index contributed by atoms with van der Waals surface area (Å²) < 4.78 is 4.86. The van der Waals surface area contributed by atoms with Crippen molar-refractivity contribution < 1.29 is 14.3 Å². The second kappa shape index (κ2) is 10.3. The quantitative estimate of drug-likeness (QED) is 0.630. The Hall–Kier alpha value is -1.84. The Kier molecular flexibility index (Phi) is 8.14. The number of ether oxygens (including phenoxy) is 1. The fourth-order valence-electron chi connectivity index (χ4n) is 3.91. The Morgan fingerprint density at radius 2 is 1.77 bits per heavy atom. The molecular weight excluding hydrogens is 326 g/mol. The van der Waals surface area contributed by atoms with Gasteiger partial charge in [0.2, 0.25) is 5.91 Å². The first-order chi connectivity index (χ1) is 12.5. The van der Waals surface area contributed by atoms with E-state index in [1.165, 1.54) is 39.2 Å². The Labute approximate surface area is 157 Å². The Bertz CT molecular complexity index is 566. The minimum Gasteiger partial charge on any atom is -0.469 e. The molecule has 2 atom stereocenters. The van der Waals surface area contributed by atoms with E-state index in [1.807, 2.05) is 49.1 Å². The SMILES string of the molecule is COC(=O)C(C)CN(C(=O)CCC1CCCCC1)C(C)c1ccccc1. The molecule has 0 N–H and O–H groups in total. The van der Waals surface area contributed by atoms with Crippen molar-refractivity contribution in [3.05, 3.63) is 35.9 Å². The molecule has 1 amide bonds. The zero-order chi connectivity index (χ0) is 18.9. The van der Waals surface area contributed by atoms with Gasteiger partial charge < -0.3 is 9.64 Å². The summed E-state index contributed by atoms with van der Waals surface area (Å²) in [5.41, 5.74) is 1.09. The first-order valence-electron chi connectivity index (χ1n) is 9.95. The molecule has 1 saturated carbocycles. The maximum absolute atomic E-state index is 13.0.